The maximum Gasteiger partial charge on any atom is 0.340 e. The Morgan fingerprint density at radius 3 is 2.39 bits per heavy atom. The Morgan fingerprint density at radius 2 is 1.58 bits per heavy atom. The molecule has 2 atom stereocenters. The molecule has 4 aromatic carbocycles. The van der Waals surface area contributed by atoms with Gasteiger partial charge in [-0.2, -0.15) is 0 Å². The van der Waals surface area contributed by atoms with E-state index < -0.39 is 5.60 Å². The van der Waals surface area contributed by atoms with E-state index in [1.807, 2.05) is 91.0 Å². The lowest BCUT2D eigenvalue weighted by molar-refractivity contribution is 0.0224. The van der Waals surface area contributed by atoms with Crippen molar-refractivity contribution in [2.24, 2.45) is 0 Å². The predicted molar refractivity (Wildman–Crippen MR) is 146 cm³/mol. The van der Waals surface area contributed by atoms with E-state index in [4.69, 9.17) is 14.2 Å². The highest BCUT2D eigenvalue weighted by atomic mass is 16.6. The molecule has 38 heavy (non-hydrogen) atoms. The fraction of sp³-hybridized carbons (Fsp3) is 0.219. The minimum Gasteiger partial charge on any atom is -0.456 e. The molecule has 1 fully saturated rings. The minimum atomic E-state index is -1.10. The number of hydrogen-bond donors (Lipinski definition) is 1. The molecule has 0 amide bonds. The molecule has 190 valence electrons. The summed E-state index contributed by atoms with van der Waals surface area (Å²) in [6.07, 6.45) is 2.02. The van der Waals surface area contributed by atoms with Crippen LogP contribution < -0.4 is 15.2 Å². The number of ether oxygens (including phenoxy) is 3. The van der Waals surface area contributed by atoms with Gasteiger partial charge in [-0.25, -0.2) is 4.79 Å². The zero-order valence-corrected chi connectivity index (χ0v) is 21.1. The van der Waals surface area contributed by atoms with Crippen LogP contribution in [0.15, 0.2) is 97.1 Å². The van der Waals surface area contributed by atoms with Crippen LogP contribution in [-0.2, 0) is 15.1 Å². The van der Waals surface area contributed by atoms with Crippen LogP contribution in [0.25, 0.3) is 0 Å². The average molecular weight is 505 g/mol. The molecule has 1 saturated heterocycles. The molecule has 0 aliphatic carbocycles. The lowest BCUT2D eigenvalue weighted by Crippen LogP contribution is -2.44. The zero-order chi connectivity index (χ0) is 25.7. The number of hydrogen-bond acceptors (Lipinski definition) is 6. The van der Waals surface area contributed by atoms with Crippen LogP contribution in [0.4, 0.5) is 11.4 Å². The first-order valence-corrected chi connectivity index (χ1v) is 13.0. The standard InChI is InChI=1S/C32H28N2O4/c1-31(18-9-19-36-31)21-34(33-22-10-3-2-4-11-22)23-16-17-29-27(20-23)32(26-14-7-8-15-28(26)37-29)25-13-6-5-12-24(25)30(35)38-32/h2-8,10-17,20,33H,9,18-19,21H2,1H3. The fourth-order valence-corrected chi connectivity index (χ4v) is 5.94. The average Bonchev–Trinajstić information content (AvgIpc) is 3.51. The molecule has 2 unspecified atom stereocenters. The van der Waals surface area contributed by atoms with Crippen LogP contribution in [-0.4, -0.2) is 24.7 Å². The number of hydrazine groups is 1. The topological polar surface area (TPSA) is 60.0 Å². The summed E-state index contributed by atoms with van der Waals surface area (Å²) in [7, 11) is 0. The normalized spacial score (nSPS) is 22.7. The number of nitrogens with one attached hydrogen (secondary N) is 1. The highest BCUT2D eigenvalue weighted by Gasteiger charge is 2.53. The molecule has 0 bridgehead atoms. The Bertz CT molecular complexity index is 1530. The molecule has 3 aliphatic rings. The van der Waals surface area contributed by atoms with Crippen LogP contribution in [0.3, 0.4) is 0 Å². The molecular weight excluding hydrogens is 476 g/mol. The van der Waals surface area contributed by atoms with Crippen molar-refractivity contribution in [3.05, 3.63) is 119 Å². The number of para-hydroxylation sites is 2. The van der Waals surface area contributed by atoms with Gasteiger partial charge in [0.25, 0.3) is 0 Å². The molecule has 0 radical (unpaired) electrons. The van der Waals surface area contributed by atoms with Crippen molar-refractivity contribution in [2.45, 2.75) is 31.0 Å². The summed E-state index contributed by atoms with van der Waals surface area (Å²) in [5, 5.41) is 2.12. The second-order valence-corrected chi connectivity index (χ2v) is 10.4. The number of esters is 1. The summed E-state index contributed by atoms with van der Waals surface area (Å²) in [5.41, 5.74) is 7.11. The van der Waals surface area contributed by atoms with Gasteiger partial charge in [-0.05, 0) is 62.2 Å². The van der Waals surface area contributed by atoms with Crippen molar-refractivity contribution < 1.29 is 19.0 Å². The molecule has 4 aromatic rings. The van der Waals surface area contributed by atoms with Crippen molar-refractivity contribution in [3.63, 3.8) is 0 Å². The Morgan fingerprint density at radius 1 is 0.842 bits per heavy atom. The molecule has 3 aliphatic heterocycles. The molecule has 6 nitrogen and oxygen atoms in total. The van der Waals surface area contributed by atoms with Crippen molar-refractivity contribution in [2.75, 3.05) is 23.6 Å². The van der Waals surface area contributed by atoms with Crippen LogP contribution in [0.2, 0.25) is 0 Å². The third-order valence-corrected chi connectivity index (χ3v) is 7.74. The first kappa shape index (κ1) is 22.9. The van der Waals surface area contributed by atoms with Crippen molar-refractivity contribution in [3.8, 4) is 11.5 Å². The van der Waals surface area contributed by atoms with Gasteiger partial charge in [-0.1, -0.05) is 54.6 Å². The Hall–Kier alpha value is -4.29. The molecule has 6 heteroatoms. The summed E-state index contributed by atoms with van der Waals surface area (Å²) >= 11 is 0. The van der Waals surface area contributed by atoms with Gasteiger partial charge in [-0.3, -0.25) is 10.4 Å². The number of nitrogens with zero attached hydrogens (tertiary/aromatic N) is 1. The SMILES string of the molecule is CC1(CN(Nc2ccccc2)c2ccc3c(c2)C2(OC(=O)c4ccccc42)c2ccccc2O3)CCCO1. The Balaban J connectivity index is 1.39. The number of benzene rings is 4. The summed E-state index contributed by atoms with van der Waals surface area (Å²) < 4.78 is 18.9. The molecule has 1 spiro atoms. The largest absolute Gasteiger partial charge is 0.456 e. The lowest BCUT2D eigenvalue weighted by atomic mass is 9.77. The van der Waals surface area contributed by atoms with E-state index in [9.17, 15) is 4.79 Å². The maximum atomic E-state index is 13.2. The van der Waals surface area contributed by atoms with Gasteiger partial charge in [-0.15, -0.1) is 0 Å². The minimum absolute atomic E-state index is 0.287. The molecule has 0 saturated carbocycles. The van der Waals surface area contributed by atoms with E-state index in [2.05, 4.69) is 23.4 Å². The lowest BCUT2D eigenvalue weighted by Gasteiger charge is -2.38. The second-order valence-electron chi connectivity index (χ2n) is 10.4. The summed E-state index contributed by atoms with van der Waals surface area (Å²) in [5.74, 6) is 1.02. The van der Waals surface area contributed by atoms with Crippen LogP contribution in [0.1, 0.15) is 46.8 Å². The Labute approximate surface area is 221 Å². The van der Waals surface area contributed by atoms with Gasteiger partial charge in [0.1, 0.15) is 11.5 Å². The third-order valence-electron chi connectivity index (χ3n) is 7.74. The molecule has 7 rings (SSSR count). The number of anilines is 2. The molecule has 3 heterocycles. The Kier molecular flexibility index (Phi) is 5.20. The fourth-order valence-electron chi connectivity index (χ4n) is 5.94. The first-order chi connectivity index (χ1) is 18.6. The van der Waals surface area contributed by atoms with E-state index in [1.54, 1.807) is 0 Å². The van der Waals surface area contributed by atoms with Crippen molar-refractivity contribution in [1.82, 2.24) is 0 Å². The summed E-state index contributed by atoms with van der Waals surface area (Å²) in [6, 6.07) is 31.6. The zero-order valence-electron chi connectivity index (χ0n) is 21.1. The van der Waals surface area contributed by atoms with Crippen LogP contribution in [0, 0.1) is 0 Å². The number of fused-ring (bicyclic) bond motifs is 6. The number of carbonyl (C=O) groups is 1. The van der Waals surface area contributed by atoms with E-state index in [0.717, 1.165) is 47.5 Å². The monoisotopic (exact) mass is 504 g/mol. The quantitative estimate of drug-likeness (QED) is 0.242. The van der Waals surface area contributed by atoms with Crippen LogP contribution >= 0.6 is 0 Å². The van der Waals surface area contributed by atoms with Crippen molar-refractivity contribution in [1.29, 1.82) is 0 Å². The number of carbonyl (C=O) groups excluding carboxylic acids is 1. The van der Waals surface area contributed by atoms with Gasteiger partial charge in [0.05, 0.1) is 29.1 Å². The van der Waals surface area contributed by atoms with Gasteiger partial charge >= 0.3 is 5.97 Å². The molecular formula is C32H28N2O4. The first-order valence-electron chi connectivity index (χ1n) is 13.0. The summed E-state index contributed by atoms with van der Waals surface area (Å²) in [6.45, 7) is 3.57. The summed E-state index contributed by atoms with van der Waals surface area (Å²) in [4.78, 5) is 13.2. The number of rotatable bonds is 5. The smallest absolute Gasteiger partial charge is 0.340 e. The van der Waals surface area contributed by atoms with E-state index in [0.29, 0.717) is 23.6 Å². The highest BCUT2D eigenvalue weighted by Crippen LogP contribution is 2.56. The van der Waals surface area contributed by atoms with E-state index in [1.165, 1.54) is 0 Å². The maximum absolute atomic E-state index is 13.2. The van der Waals surface area contributed by atoms with Crippen LogP contribution in [0.5, 0.6) is 11.5 Å². The van der Waals surface area contributed by atoms with Gasteiger partial charge in [0.2, 0.25) is 0 Å². The highest BCUT2D eigenvalue weighted by molar-refractivity contribution is 5.97. The van der Waals surface area contributed by atoms with E-state index >= 15 is 0 Å². The van der Waals surface area contributed by atoms with E-state index in [-0.39, 0.29) is 11.6 Å². The van der Waals surface area contributed by atoms with Crippen molar-refractivity contribution >= 4 is 17.3 Å². The van der Waals surface area contributed by atoms with Gasteiger partial charge < -0.3 is 14.2 Å². The molecule has 1 N–H and O–H groups in total. The van der Waals surface area contributed by atoms with Gasteiger partial charge in [0, 0.05) is 23.3 Å². The third kappa shape index (κ3) is 3.56. The van der Waals surface area contributed by atoms with Gasteiger partial charge in [0.15, 0.2) is 5.60 Å². The predicted octanol–water partition coefficient (Wildman–Crippen LogP) is 6.66. The molecule has 0 aromatic heterocycles. The second kappa shape index (κ2) is 8.64.